The number of alkyl halides is 1. The summed E-state index contributed by atoms with van der Waals surface area (Å²) < 4.78 is 16.1. The molecule has 0 bridgehead atoms. The summed E-state index contributed by atoms with van der Waals surface area (Å²) in [6, 6.07) is 0. The minimum atomic E-state index is -1.63. The SMILES string of the molecule is CC[C@H](/C=C/[C@@H](C)[C@H]1CC[C@H]2[C@@H]3CC(=O)[C@@]4(F)CC=CC[C@]4(C)[C@H]3CC[C@]12C)C(C)C. The molecule has 4 rings (SSSR count). The second-order valence-corrected chi connectivity index (χ2v) is 12.4. The molecule has 3 fully saturated rings. The van der Waals surface area contributed by atoms with Gasteiger partial charge in [-0.2, -0.15) is 0 Å². The Balaban J connectivity index is 1.57. The van der Waals surface area contributed by atoms with Crippen molar-refractivity contribution in [2.75, 3.05) is 0 Å². The third kappa shape index (κ3) is 3.41. The van der Waals surface area contributed by atoms with Crippen LogP contribution < -0.4 is 0 Å². The summed E-state index contributed by atoms with van der Waals surface area (Å²) in [5.41, 5.74) is -1.84. The second kappa shape index (κ2) is 8.14. The van der Waals surface area contributed by atoms with Crippen LogP contribution in [-0.2, 0) is 4.79 Å². The van der Waals surface area contributed by atoms with Gasteiger partial charge >= 0.3 is 0 Å². The minimum absolute atomic E-state index is 0.0936. The van der Waals surface area contributed by atoms with Gasteiger partial charge in [0.05, 0.1) is 0 Å². The Kier molecular flexibility index (Phi) is 6.10. The van der Waals surface area contributed by atoms with Crippen LogP contribution in [0.4, 0.5) is 4.39 Å². The number of hydrogen-bond acceptors (Lipinski definition) is 1. The molecule has 4 aliphatic carbocycles. The van der Waals surface area contributed by atoms with Crippen molar-refractivity contribution < 1.29 is 9.18 Å². The number of carbonyl (C=O) groups excluding carboxylic acids is 1. The molecule has 0 amide bonds. The number of hydrogen-bond donors (Lipinski definition) is 0. The molecule has 4 aliphatic rings. The lowest BCUT2D eigenvalue weighted by Crippen LogP contribution is -2.63. The maximum absolute atomic E-state index is 16.1. The first kappa shape index (κ1) is 23.2. The van der Waals surface area contributed by atoms with E-state index in [2.05, 4.69) is 59.8 Å². The molecule has 0 radical (unpaired) electrons. The molecular weight excluding hydrogens is 383 g/mol. The van der Waals surface area contributed by atoms with E-state index in [1.807, 2.05) is 6.08 Å². The number of ketones is 1. The molecule has 0 aromatic carbocycles. The monoisotopic (exact) mass is 428 g/mol. The van der Waals surface area contributed by atoms with Crippen LogP contribution in [0.3, 0.4) is 0 Å². The van der Waals surface area contributed by atoms with E-state index in [0.717, 1.165) is 12.8 Å². The lowest BCUT2D eigenvalue weighted by molar-refractivity contribution is -0.173. The van der Waals surface area contributed by atoms with Crippen LogP contribution >= 0.6 is 0 Å². The number of Topliss-reactive ketones (excluding diaryl/α,β-unsaturated/α-hetero) is 1. The largest absolute Gasteiger partial charge is 0.296 e. The van der Waals surface area contributed by atoms with Crippen LogP contribution in [-0.4, -0.2) is 11.5 Å². The van der Waals surface area contributed by atoms with Gasteiger partial charge in [-0.25, -0.2) is 4.39 Å². The van der Waals surface area contributed by atoms with Crippen LogP contribution in [0.15, 0.2) is 24.3 Å². The van der Waals surface area contributed by atoms with E-state index in [-0.39, 0.29) is 5.78 Å². The highest BCUT2D eigenvalue weighted by Crippen LogP contribution is 2.68. The number of allylic oxidation sites excluding steroid dienone is 4. The molecule has 31 heavy (non-hydrogen) atoms. The zero-order chi connectivity index (χ0) is 22.6. The molecule has 0 heterocycles. The average molecular weight is 429 g/mol. The van der Waals surface area contributed by atoms with Crippen molar-refractivity contribution in [2.45, 2.75) is 98.6 Å². The molecule has 0 N–H and O–H groups in total. The van der Waals surface area contributed by atoms with E-state index < -0.39 is 11.1 Å². The summed E-state index contributed by atoms with van der Waals surface area (Å²) >= 11 is 0. The number of halogens is 1. The van der Waals surface area contributed by atoms with Gasteiger partial charge in [0.15, 0.2) is 11.5 Å². The quantitative estimate of drug-likeness (QED) is 0.406. The van der Waals surface area contributed by atoms with Gasteiger partial charge in [0, 0.05) is 18.3 Å². The second-order valence-electron chi connectivity index (χ2n) is 12.4. The Morgan fingerprint density at radius 1 is 1.06 bits per heavy atom. The van der Waals surface area contributed by atoms with Crippen molar-refractivity contribution in [3.8, 4) is 0 Å². The van der Waals surface area contributed by atoms with Gasteiger partial charge < -0.3 is 0 Å². The average Bonchev–Trinajstić information content (AvgIpc) is 3.07. The smallest absolute Gasteiger partial charge is 0.178 e. The molecule has 0 spiro atoms. The molecule has 1 nitrogen and oxygen atoms in total. The molecular formula is C29H45FO. The maximum atomic E-state index is 16.1. The summed E-state index contributed by atoms with van der Waals surface area (Å²) in [5, 5.41) is 0. The first-order valence-electron chi connectivity index (χ1n) is 13.1. The minimum Gasteiger partial charge on any atom is -0.296 e. The Morgan fingerprint density at radius 2 is 1.77 bits per heavy atom. The predicted octanol–water partition coefficient (Wildman–Crippen LogP) is 7.96. The van der Waals surface area contributed by atoms with E-state index in [4.69, 9.17) is 0 Å². The summed E-state index contributed by atoms with van der Waals surface area (Å²) in [4.78, 5) is 13.2. The first-order valence-corrected chi connectivity index (χ1v) is 13.1. The third-order valence-electron chi connectivity index (χ3n) is 10.8. The molecule has 2 heteroatoms. The lowest BCUT2D eigenvalue weighted by Gasteiger charge is -2.61. The van der Waals surface area contributed by atoms with Gasteiger partial charge in [0.1, 0.15) is 0 Å². The number of carbonyl (C=O) groups is 1. The summed E-state index contributed by atoms with van der Waals surface area (Å²) in [6.45, 7) is 14.0. The number of rotatable bonds is 5. The highest BCUT2D eigenvalue weighted by Gasteiger charge is 2.67. The summed E-state index contributed by atoms with van der Waals surface area (Å²) in [6.07, 6.45) is 16.5. The van der Waals surface area contributed by atoms with Crippen LogP contribution in [0.5, 0.6) is 0 Å². The highest BCUT2D eigenvalue weighted by atomic mass is 19.1. The summed E-state index contributed by atoms with van der Waals surface area (Å²) in [5.74, 6) is 3.84. The van der Waals surface area contributed by atoms with E-state index in [0.29, 0.717) is 59.7 Å². The third-order valence-corrected chi connectivity index (χ3v) is 10.8. The van der Waals surface area contributed by atoms with Crippen LogP contribution in [0.1, 0.15) is 92.9 Å². The van der Waals surface area contributed by atoms with Crippen LogP contribution in [0.25, 0.3) is 0 Å². The van der Waals surface area contributed by atoms with E-state index in [1.54, 1.807) is 0 Å². The topological polar surface area (TPSA) is 17.1 Å². The van der Waals surface area contributed by atoms with Crippen molar-refractivity contribution in [3.05, 3.63) is 24.3 Å². The molecule has 0 unspecified atom stereocenters. The molecule has 0 aromatic rings. The first-order chi connectivity index (χ1) is 14.6. The lowest BCUT2D eigenvalue weighted by atomic mass is 9.44. The Labute approximate surface area is 190 Å². The predicted molar refractivity (Wildman–Crippen MR) is 127 cm³/mol. The van der Waals surface area contributed by atoms with Crippen molar-refractivity contribution in [1.82, 2.24) is 0 Å². The molecule has 0 aromatic heterocycles. The summed E-state index contributed by atoms with van der Waals surface area (Å²) in [7, 11) is 0. The van der Waals surface area contributed by atoms with Gasteiger partial charge in [-0.3, -0.25) is 4.79 Å². The van der Waals surface area contributed by atoms with Crippen molar-refractivity contribution in [1.29, 1.82) is 0 Å². The van der Waals surface area contributed by atoms with E-state index >= 15 is 4.39 Å². The molecule has 174 valence electrons. The molecule has 0 aliphatic heterocycles. The van der Waals surface area contributed by atoms with E-state index in [1.165, 1.54) is 25.7 Å². The standard InChI is InChI=1S/C29H45FO/c1-7-21(19(2)3)11-10-20(4)23-12-13-24-22-18-26(31)29(30)16-9-8-15-28(29,6)25(22)14-17-27(23,24)5/h8-11,19-25H,7,12-18H2,1-6H3/b11-10+/t20-,21-,22+,23-,24+,25+,27-,28-,29+/m1/s1. The Hall–Kier alpha value is -0.920. The van der Waals surface area contributed by atoms with Crippen LogP contribution in [0.2, 0.25) is 0 Å². The van der Waals surface area contributed by atoms with Gasteiger partial charge in [-0.1, -0.05) is 65.8 Å². The maximum Gasteiger partial charge on any atom is 0.178 e. The highest BCUT2D eigenvalue weighted by molar-refractivity contribution is 5.90. The van der Waals surface area contributed by atoms with Gasteiger partial charge in [0.25, 0.3) is 0 Å². The number of fused-ring (bicyclic) bond motifs is 5. The Morgan fingerprint density at radius 3 is 2.45 bits per heavy atom. The van der Waals surface area contributed by atoms with E-state index in [9.17, 15) is 4.79 Å². The van der Waals surface area contributed by atoms with Gasteiger partial charge in [0.2, 0.25) is 0 Å². The van der Waals surface area contributed by atoms with Crippen molar-refractivity contribution in [2.24, 2.45) is 52.3 Å². The van der Waals surface area contributed by atoms with Gasteiger partial charge in [-0.05, 0) is 85.4 Å². The zero-order valence-electron chi connectivity index (χ0n) is 20.8. The van der Waals surface area contributed by atoms with Crippen LogP contribution in [0, 0.1) is 52.3 Å². The molecule has 0 saturated heterocycles. The van der Waals surface area contributed by atoms with Crippen molar-refractivity contribution >= 4 is 5.78 Å². The zero-order valence-corrected chi connectivity index (χ0v) is 20.8. The fraction of sp³-hybridized carbons (Fsp3) is 0.828. The molecule has 3 saturated carbocycles. The normalized spacial score (nSPS) is 46.6. The fourth-order valence-corrected chi connectivity index (χ4v) is 8.77. The molecule has 9 atom stereocenters. The van der Waals surface area contributed by atoms with Crippen molar-refractivity contribution in [3.63, 3.8) is 0 Å². The van der Waals surface area contributed by atoms with Gasteiger partial charge in [-0.15, -0.1) is 0 Å². The fourth-order valence-electron chi connectivity index (χ4n) is 8.77. The Bertz CT molecular complexity index is 752.